The number of ether oxygens (including phenoxy) is 4. The zero-order valence-electron chi connectivity index (χ0n) is 23.1. The van der Waals surface area contributed by atoms with Gasteiger partial charge in [-0.25, -0.2) is 4.98 Å². The Morgan fingerprint density at radius 2 is 1.82 bits per heavy atom. The number of aromatic nitrogens is 1. The summed E-state index contributed by atoms with van der Waals surface area (Å²) in [5.41, 5.74) is 2.56. The maximum absolute atomic E-state index is 13.4. The molecule has 3 aliphatic rings. The minimum Gasteiger partial charge on any atom is -0.496 e. The number of pyridine rings is 1. The van der Waals surface area contributed by atoms with Gasteiger partial charge in [0, 0.05) is 51.6 Å². The summed E-state index contributed by atoms with van der Waals surface area (Å²) in [5, 5.41) is 3.07. The van der Waals surface area contributed by atoms with E-state index < -0.39 is 5.41 Å². The number of benzene rings is 2. The van der Waals surface area contributed by atoms with Gasteiger partial charge in [-0.15, -0.1) is 0 Å². The van der Waals surface area contributed by atoms with E-state index in [0.29, 0.717) is 11.6 Å². The third-order valence-corrected chi connectivity index (χ3v) is 8.27. The van der Waals surface area contributed by atoms with Crippen molar-refractivity contribution in [2.45, 2.75) is 24.3 Å². The van der Waals surface area contributed by atoms with E-state index in [1.807, 2.05) is 48.7 Å². The number of para-hydroxylation sites is 1. The third-order valence-electron chi connectivity index (χ3n) is 8.27. The minimum absolute atomic E-state index is 0.0126. The standard InChI is InChI=1S/C31H36N4O5/c1-37-18-17-34-13-15-35(16-14-34)29(24-5-3-4-6-25(24)38-2)22-7-10-28(32-20-22)33-30(36)31(11-12-31)23-8-9-26-27(19-23)40-21-39-26/h3-10,19-20,29H,11-18,21H2,1-2H3,(H,32,33,36). The van der Waals surface area contributed by atoms with Gasteiger partial charge in [-0.2, -0.15) is 0 Å². The maximum atomic E-state index is 13.4. The van der Waals surface area contributed by atoms with Crippen molar-refractivity contribution >= 4 is 11.7 Å². The number of anilines is 1. The molecule has 2 aromatic carbocycles. The average molecular weight is 545 g/mol. The summed E-state index contributed by atoms with van der Waals surface area (Å²) < 4.78 is 22.0. The molecule has 3 aromatic rings. The van der Waals surface area contributed by atoms with Gasteiger partial charge in [0.2, 0.25) is 12.7 Å². The van der Waals surface area contributed by atoms with Gasteiger partial charge in [-0.1, -0.05) is 30.3 Å². The van der Waals surface area contributed by atoms with Crippen molar-refractivity contribution in [3.63, 3.8) is 0 Å². The second-order valence-electron chi connectivity index (χ2n) is 10.6. The number of fused-ring (bicyclic) bond motifs is 1. The Balaban J connectivity index is 1.20. The number of nitrogens with one attached hydrogen (secondary N) is 1. The monoisotopic (exact) mass is 544 g/mol. The number of amides is 1. The van der Waals surface area contributed by atoms with E-state index in [1.165, 1.54) is 0 Å². The van der Waals surface area contributed by atoms with E-state index in [1.54, 1.807) is 14.2 Å². The predicted octanol–water partition coefficient (Wildman–Crippen LogP) is 3.84. The SMILES string of the molecule is COCCN1CCN(C(c2ccc(NC(=O)C3(c4ccc5c(c4)OCO5)CC3)nc2)c2ccccc2OC)CC1. The first kappa shape index (κ1) is 26.6. The van der Waals surface area contributed by atoms with Crippen molar-refractivity contribution in [3.8, 4) is 17.2 Å². The van der Waals surface area contributed by atoms with Crippen LogP contribution in [0.2, 0.25) is 0 Å². The second-order valence-corrected chi connectivity index (χ2v) is 10.6. The van der Waals surface area contributed by atoms with Crippen LogP contribution in [0.5, 0.6) is 17.2 Å². The number of nitrogens with zero attached hydrogens (tertiary/aromatic N) is 3. The van der Waals surface area contributed by atoms with E-state index in [2.05, 4.69) is 27.2 Å². The summed E-state index contributed by atoms with van der Waals surface area (Å²) in [5.74, 6) is 2.77. The molecule has 2 fully saturated rings. The molecule has 1 saturated heterocycles. The van der Waals surface area contributed by atoms with E-state index in [0.717, 1.165) is 80.4 Å². The fourth-order valence-electron chi connectivity index (χ4n) is 5.79. The molecule has 1 N–H and O–H groups in total. The van der Waals surface area contributed by atoms with Crippen LogP contribution in [0, 0.1) is 0 Å². The number of piperazine rings is 1. The van der Waals surface area contributed by atoms with Crippen LogP contribution in [0.25, 0.3) is 0 Å². The smallest absolute Gasteiger partial charge is 0.236 e. The molecule has 0 bridgehead atoms. The molecule has 0 spiro atoms. The molecule has 1 unspecified atom stereocenters. The zero-order chi connectivity index (χ0) is 27.5. The van der Waals surface area contributed by atoms with Crippen molar-refractivity contribution in [2.24, 2.45) is 0 Å². The Morgan fingerprint density at radius 3 is 2.55 bits per heavy atom. The highest BCUT2D eigenvalue weighted by atomic mass is 16.7. The molecule has 2 aliphatic heterocycles. The molecule has 0 radical (unpaired) electrons. The molecule has 1 aromatic heterocycles. The second kappa shape index (κ2) is 11.4. The molecule has 210 valence electrons. The number of hydrogen-bond acceptors (Lipinski definition) is 8. The Labute approximate surface area is 235 Å². The van der Waals surface area contributed by atoms with Gasteiger partial charge in [0.1, 0.15) is 11.6 Å². The van der Waals surface area contributed by atoms with Crippen molar-refractivity contribution in [3.05, 3.63) is 77.5 Å². The van der Waals surface area contributed by atoms with Gasteiger partial charge >= 0.3 is 0 Å². The van der Waals surface area contributed by atoms with Crippen LogP contribution in [-0.4, -0.2) is 81.0 Å². The van der Waals surface area contributed by atoms with Gasteiger partial charge in [0.05, 0.1) is 25.2 Å². The van der Waals surface area contributed by atoms with Crippen LogP contribution in [0.15, 0.2) is 60.8 Å². The highest BCUT2D eigenvalue weighted by molar-refractivity contribution is 6.01. The molecular formula is C31H36N4O5. The normalized spacial score (nSPS) is 18.8. The Hall–Kier alpha value is -3.66. The number of methoxy groups -OCH3 is 2. The van der Waals surface area contributed by atoms with Gasteiger partial charge in [0.15, 0.2) is 11.5 Å². The lowest BCUT2D eigenvalue weighted by atomic mass is 9.94. The van der Waals surface area contributed by atoms with Gasteiger partial charge < -0.3 is 24.3 Å². The van der Waals surface area contributed by atoms with E-state index in [4.69, 9.17) is 23.9 Å². The van der Waals surface area contributed by atoms with E-state index in [-0.39, 0.29) is 18.7 Å². The quantitative estimate of drug-likeness (QED) is 0.412. The van der Waals surface area contributed by atoms with Crippen molar-refractivity contribution < 1.29 is 23.7 Å². The first-order chi connectivity index (χ1) is 19.6. The molecule has 1 amide bonds. The van der Waals surface area contributed by atoms with Gasteiger partial charge in [-0.05, 0) is 48.2 Å². The number of carbonyl (C=O) groups excluding carboxylic acids is 1. The topological polar surface area (TPSA) is 85.4 Å². The summed E-state index contributed by atoms with van der Waals surface area (Å²) in [4.78, 5) is 23.0. The number of carbonyl (C=O) groups is 1. The Kier molecular flexibility index (Phi) is 7.60. The summed E-state index contributed by atoms with van der Waals surface area (Å²) in [7, 11) is 3.46. The fraction of sp³-hybridized carbons (Fsp3) is 0.419. The van der Waals surface area contributed by atoms with Gasteiger partial charge in [0.25, 0.3) is 0 Å². The lowest BCUT2D eigenvalue weighted by Crippen LogP contribution is -2.48. The van der Waals surface area contributed by atoms with Crippen LogP contribution in [0.4, 0.5) is 5.82 Å². The lowest BCUT2D eigenvalue weighted by Gasteiger charge is -2.40. The largest absolute Gasteiger partial charge is 0.496 e. The lowest BCUT2D eigenvalue weighted by molar-refractivity contribution is -0.118. The van der Waals surface area contributed by atoms with Crippen molar-refractivity contribution in [2.75, 3.05) is 65.7 Å². The van der Waals surface area contributed by atoms with E-state index >= 15 is 0 Å². The third kappa shape index (κ3) is 5.24. The van der Waals surface area contributed by atoms with Crippen LogP contribution in [0.1, 0.15) is 35.6 Å². The molecule has 1 atom stereocenters. The first-order valence-corrected chi connectivity index (χ1v) is 13.9. The molecule has 9 nitrogen and oxygen atoms in total. The van der Waals surface area contributed by atoms with Crippen LogP contribution < -0.4 is 19.5 Å². The van der Waals surface area contributed by atoms with Crippen LogP contribution in [0.3, 0.4) is 0 Å². The molecule has 40 heavy (non-hydrogen) atoms. The molecule has 1 aliphatic carbocycles. The van der Waals surface area contributed by atoms with E-state index in [9.17, 15) is 4.79 Å². The summed E-state index contributed by atoms with van der Waals surface area (Å²) in [6, 6.07) is 17.9. The fourth-order valence-corrected chi connectivity index (χ4v) is 5.79. The van der Waals surface area contributed by atoms with Crippen LogP contribution >= 0.6 is 0 Å². The summed E-state index contributed by atoms with van der Waals surface area (Å²) in [6.45, 7) is 5.67. The molecular weight excluding hydrogens is 508 g/mol. The van der Waals surface area contributed by atoms with Crippen molar-refractivity contribution in [1.29, 1.82) is 0 Å². The first-order valence-electron chi connectivity index (χ1n) is 13.9. The highest BCUT2D eigenvalue weighted by Gasteiger charge is 2.51. The molecule has 1 saturated carbocycles. The summed E-state index contributed by atoms with van der Waals surface area (Å²) in [6.07, 6.45) is 3.47. The molecule has 3 heterocycles. The minimum atomic E-state index is -0.552. The number of rotatable bonds is 10. The number of hydrogen-bond donors (Lipinski definition) is 1. The average Bonchev–Trinajstić information content (AvgIpc) is 3.68. The molecule has 9 heteroatoms. The Morgan fingerprint density at radius 1 is 1.02 bits per heavy atom. The highest BCUT2D eigenvalue weighted by Crippen LogP contribution is 2.51. The van der Waals surface area contributed by atoms with Crippen molar-refractivity contribution in [1.82, 2.24) is 14.8 Å². The van der Waals surface area contributed by atoms with Crippen LogP contribution in [-0.2, 0) is 14.9 Å². The predicted molar refractivity (Wildman–Crippen MR) is 151 cm³/mol. The Bertz CT molecular complexity index is 1340. The molecule has 6 rings (SSSR count). The zero-order valence-corrected chi connectivity index (χ0v) is 23.1. The maximum Gasteiger partial charge on any atom is 0.236 e. The van der Waals surface area contributed by atoms with Gasteiger partial charge in [-0.3, -0.25) is 14.6 Å². The summed E-state index contributed by atoms with van der Waals surface area (Å²) >= 11 is 0.